The molecule has 0 radical (unpaired) electrons. The van der Waals surface area contributed by atoms with E-state index in [-0.39, 0.29) is 0 Å². The van der Waals surface area contributed by atoms with Crippen molar-refractivity contribution < 1.29 is 9.47 Å². The van der Waals surface area contributed by atoms with E-state index in [9.17, 15) is 0 Å². The Morgan fingerprint density at radius 3 is 2.44 bits per heavy atom. The molecule has 2 aromatic rings. The minimum Gasteiger partial charge on any atom is -0.379 e. The predicted octanol–water partition coefficient (Wildman–Crippen LogP) is 5.09. The Morgan fingerprint density at radius 2 is 1.72 bits per heavy atom. The highest BCUT2D eigenvalue weighted by atomic mass is 16.6. The van der Waals surface area contributed by atoms with Crippen LogP contribution in [0.3, 0.4) is 0 Å². The molecule has 0 amide bonds. The maximum atomic E-state index is 5.78. The molecule has 0 aromatic heterocycles. The van der Waals surface area contributed by atoms with E-state index in [1.165, 1.54) is 36.8 Å². The van der Waals surface area contributed by atoms with Crippen molar-refractivity contribution in [3.63, 3.8) is 0 Å². The molecular weight excluding hydrogens is 308 g/mol. The fourth-order valence-electron chi connectivity index (χ4n) is 4.45. The third-order valence-electron chi connectivity index (χ3n) is 5.92. The Bertz CT molecular complexity index is 650. The molecule has 1 saturated carbocycles. The molecule has 4 rings (SSSR count). The fourth-order valence-corrected chi connectivity index (χ4v) is 4.45. The average Bonchev–Trinajstić information content (AvgIpc) is 3.40. The van der Waals surface area contributed by atoms with Gasteiger partial charge in [0.25, 0.3) is 0 Å². The van der Waals surface area contributed by atoms with Crippen molar-refractivity contribution in [3.8, 4) is 0 Å². The molecule has 0 N–H and O–H groups in total. The van der Waals surface area contributed by atoms with E-state index in [1.807, 2.05) is 0 Å². The molecule has 2 fully saturated rings. The molecule has 1 aliphatic carbocycles. The Balaban J connectivity index is 1.43. The lowest BCUT2D eigenvalue weighted by Crippen LogP contribution is -2.23. The summed E-state index contributed by atoms with van der Waals surface area (Å²) in [5.41, 5.74) is 3.32. The molecule has 0 spiro atoms. The van der Waals surface area contributed by atoms with Crippen molar-refractivity contribution in [2.24, 2.45) is 0 Å². The summed E-state index contributed by atoms with van der Waals surface area (Å²) in [5.74, 6) is 0.683. The van der Waals surface area contributed by atoms with E-state index in [1.54, 1.807) is 0 Å². The average molecular weight is 336 g/mol. The van der Waals surface area contributed by atoms with Crippen molar-refractivity contribution in [3.05, 3.63) is 71.8 Å². The largest absolute Gasteiger partial charge is 0.379 e. The van der Waals surface area contributed by atoms with Crippen LogP contribution in [0.1, 0.15) is 49.1 Å². The Morgan fingerprint density at radius 1 is 1.00 bits per heavy atom. The number of ether oxygens (including phenoxy) is 2. The summed E-state index contributed by atoms with van der Waals surface area (Å²) in [6.45, 7) is 2.50. The van der Waals surface area contributed by atoms with Crippen LogP contribution >= 0.6 is 0 Å². The zero-order valence-corrected chi connectivity index (χ0v) is 14.9. The van der Waals surface area contributed by atoms with Gasteiger partial charge in [0.15, 0.2) is 0 Å². The maximum Gasteiger partial charge on any atom is 0.104 e. The normalized spacial score (nSPS) is 28.2. The summed E-state index contributed by atoms with van der Waals surface area (Å²) in [6, 6.07) is 22.2. The third-order valence-corrected chi connectivity index (χ3v) is 5.92. The highest BCUT2D eigenvalue weighted by molar-refractivity contribution is 5.31. The molecule has 2 aromatic carbocycles. The van der Waals surface area contributed by atoms with E-state index >= 15 is 0 Å². The Hall–Kier alpha value is -1.64. The highest BCUT2D eigenvalue weighted by Gasteiger charge is 2.40. The molecular formula is C23H28O2. The zero-order chi connectivity index (χ0) is 17.0. The van der Waals surface area contributed by atoms with E-state index in [2.05, 4.69) is 60.7 Å². The first-order valence-electron chi connectivity index (χ1n) is 9.66. The van der Waals surface area contributed by atoms with Crippen LogP contribution in [0.15, 0.2) is 60.7 Å². The lowest BCUT2D eigenvalue weighted by molar-refractivity contribution is 0.108. The van der Waals surface area contributed by atoms with Gasteiger partial charge in [-0.3, -0.25) is 0 Å². The SMILES string of the molecule is c1ccc(C2CCC(CCCOCC3CO3)(c3ccccc3)C2)cc1. The molecule has 2 aliphatic rings. The minimum absolute atomic E-state index is 0.307. The molecule has 132 valence electrons. The summed E-state index contributed by atoms with van der Waals surface area (Å²) in [5, 5.41) is 0. The van der Waals surface area contributed by atoms with Gasteiger partial charge in [-0.15, -0.1) is 0 Å². The van der Waals surface area contributed by atoms with Gasteiger partial charge in [-0.1, -0.05) is 60.7 Å². The van der Waals surface area contributed by atoms with Gasteiger partial charge in [-0.2, -0.15) is 0 Å². The van der Waals surface area contributed by atoms with Gasteiger partial charge in [0.05, 0.1) is 13.2 Å². The lowest BCUT2D eigenvalue weighted by atomic mass is 9.74. The monoisotopic (exact) mass is 336 g/mol. The quantitative estimate of drug-likeness (QED) is 0.495. The molecule has 2 heteroatoms. The molecule has 1 heterocycles. The van der Waals surface area contributed by atoms with E-state index < -0.39 is 0 Å². The number of hydrogen-bond donors (Lipinski definition) is 0. The number of benzene rings is 2. The van der Waals surface area contributed by atoms with Gasteiger partial charge in [-0.25, -0.2) is 0 Å². The Kier molecular flexibility index (Phi) is 5.19. The topological polar surface area (TPSA) is 21.8 Å². The second kappa shape index (κ2) is 7.72. The van der Waals surface area contributed by atoms with Gasteiger partial charge in [0, 0.05) is 6.61 Å². The van der Waals surface area contributed by atoms with Crippen molar-refractivity contribution >= 4 is 0 Å². The molecule has 3 unspecified atom stereocenters. The van der Waals surface area contributed by atoms with E-state index in [0.29, 0.717) is 17.4 Å². The molecule has 25 heavy (non-hydrogen) atoms. The summed E-state index contributed by atoms with van der Waals surface area (Å²) in [6.07, 6.45) is 6.54. The third kappa shape index (κ3) is 4.13. The van der Waals surface area contributed by atoms with Gasteiger partial charge >= 0.3 is 0 Å². The second-order valence-electron chi connectivity index (χ2n) is 7.63. The van der Waals surface area contributed by atoms with Gasteiger partial charge < -0.3 is 9.47 Å². The van der Waals surface area contributed by atoms with Crippen LogP contribution in [-0.4, -0.2) is 25.9 Å². The second-order valence-corrected chi connectivity index (χ2v) is 7.63. The molecule has 0 bridgehead atoms. The van der Waals surface area contributed by atoms with E-state index in [4.69, 9.17) is 9.47 Å². The Labute approximate surface area is 151 Å². The van der Waals surface area contributed by atoms with Crippen molar-refractivity contribution in [1.82, 2.24) is 0 Å². The van der Waals surface area contributed by atoms with Crippen LogP contribution in [0.2, 0.25) is 0 Å². The van der Waals surface area contributed by atoms with Crippen LogP contribution < -0.4 is 0 Å². The van der Waals surface area contributed by atoms with Crippen LogP contribution in [0, 0.1) is 0 Å². The summed E-state index contributed by atoms with van der Waals surface area (Å²) >= 11 is 0. The number of hydrogen-bond acceptors (Lipinski definition) is 2. The zero-order valence-electron chi connectivity index (χ0n) is 14.9. The highest BCUT2D eigenvalue weighted by Crippen LogP contribution is 2.50. The van der Waals surface area contributed by atoms with Crippen molar-refractivity contribution in [2.75, 3.05) is 19.8 Å². The number of epoxide rings is 1. The van der Waals surface area contributed by atoms with Crippen LogP contribution in [-0.2, 0) is 14.9 Å². The molecule has 2 nitrogen and oxygen atoms in total. The standard InChI is InChI=1S/C23H28O2/c1-3-8-19(9-4-1)20-12-14-23(16-20,21-10-5-2-6-11-21)13-7-15-24-17-22-18-25-22/h1-6,8-11,20,22H,7,12-18H2. The summed E-state index contributed by atoms with van der Waals surface area (Å²) in [7, 11) is 0. The smallest absolute Gasteiger partial charge is 0.104 e. The molecule has 1 aliphatic heterocycles. The van der Waals surface area contributed by atoms with Crippen molar-refractivity contribution in [1.29, 1.82) is 0 Å². The first kappa shape index (κ1) is 16.8. The predicted molar refractivity (Wildman–Crippen MR) is 101 cm³/mol. The van der Waals surface area contributed by atoms with Crippen LogP contribution in [0.4, 0.5) is 0 Å². The summed E-state index contributed by atoms with van der Waals surface area (Å²) < 4.78 is 11.0. The summed E-state index contributed by atoms with van der Waals surface area (Å²) in [4.78, 5) is 0. The van der Waals surface area contributed by atoms with Gasteiger partial charge in [-0.05, 0) is 54.6 Å². The maximum absolute atomic E-state index is 5.78. The minimum atomic E-state index is 0.307. The first-order valence-corrected chi connectivity index (χ1v) is 9.66. The van der Waals surface area contributed by atoms with Crippen LogP contribution in [0.25, 0.3) is 0 Å². The molecule has 3 atom stereocenters. The van der Waals surface area contributed by atoms with E-state index in [0.717, 1.165) is 26.2 Å². The molecule has 1 saturated heterocycles. The fraction of sp³-hybridized carbons (Fsp3) is 0.478. The van der Waals surface area contributed by atoms with Gasteiger partial charge in [0.1, 0.15) is 6.10 Å². The lowest BCUT2D eigenvalue weighted by Gasteiger charge is -2.30. The first-order chi connectivity index (χ1) is 12.4. The van der Waals surface area contributed by atoms with Crippen molar-refractivity contribution in [2.45, 2.75) is 49.5 Å². The van der Waals surface area contributed by atoms with Crippen LogP contribution in [0.5, 0.6) is 0 Å². The van der Waals surface area contributed by atoms with Gasteiger partial charge in [0.2, 0.25) is 0 Å². The number of rotatable bonds is 8.